The summed E-state index contributed by atoms with van der Waals surface area (Å²) in [6.45, 7) is 4.61. The van der Waals surface area contributed by atoms with Crippen LogP contribution < -0.4 is 5.73 Å². The first-order valence-corrected chi connectivity index (χ1v) is 7.20. The van der Waals surface area contributed by atoms with Crippen molar-refractivity contribution in [1.82, 2.24) is 4.90 Å². The molecule has 0 aromatic heterocycles. The lowest BCUT2D eigenvalue weighted by molar-refractivity contribution is -0.147. The summed E-state index contributed by atoms with van der Waals surface area (Å²) in [6.07, 6.45) is 6.43. The maximum Gasteiger partial charge on any atom is 0.325 e. The Bertz CT molecular complexity index is 300. The molecule has 0 bridgehead atoms. The van der Waals surface area contributed by atoms with Crippen molar-refractivity contribution >= 4 is 5.97 Å². The Morgan fingerprint density at radius 3 is 2.61 bits per heavy atom. The van der Waals surface area contributed by atoms with Gasteiger partial charge >= 0.3 is 5.97 Å². The number of hydrogen-bond acceptors (Lipinski definition) is 4. The Hall–Kier alpha value is -0.610. The molecule has 1 aliphatic carbocycles. The molecule has 0 radical (unpaired) electrons. The second kappa shape index (κ2) is 5.57. The van der Waals surface area contributed by atoms with E-state index in [0.717, 1.165) is 25.2 Å². The van der Waals surface area contributed by atoms with Gasteiger partial charge in [-0.1, -0.05) is 13.3 Å². The quantitative estimate of drug-likeness (QED) is 0.776. The van der Waals surface area contributed by atoms with Crippen LogP contribution in [0.4, 0.5) is 0 Å². The molecule has 18 heavy (non-hydrogen) atoms. The van der Waals surface area contributed by atoms with E-state index in [2.05, 4.69) is 11.8 Å². The van der Waals surface area contributed by atoms with E-state index in [0.29, 0.717) is 6.04 Å². The highest BCUT2D eigenvalue weighted by atomic mass is 16.5. The van der Waals surface area contributed by atoms with Crippen LogP contribution in [0.5, 0.6) is 0 Å². The summed E-state index contributed by atoms with van der Waals surface area (Å²) in [6, 6.07) is 0.479. The lowest BCUT2D eigenvalue weighted by Gasteiger charge is -2.36. The van der Waals surface area contributed by atoms with Crippen LogP contribution >= 0.6 is 0 Å². The topological polar surface area (TPSA) is 55.6 Å². The number of carbonyl (C=O) groups excluding carboxylic acids is 1. The highest BCUT2D eigenvalue weighted by Crippen LogP contribution is 2.34. The average Bonchev–Trinajstić information content (AvgIpc) is 2.82. The van der Waals surface area contributed by atoms with Gasteiger partial charge in [0.05, 0.1) is 7.11 Å². The predicted molar refractivity (Wildman–Crippen MR) is 71.2 cm³/mol. The van der Waals surface area contributed by atoms with Crippen LogP contribution in [0.1, 0.15) is 45.4 Å². The molecule has 0 spiro atoms. The minimum Gasteiger partial charge on any atom is -0.468 e. The summed E-state index contributed by atoms with van der Waals surface area (Å²) in [4.78, 5) is 14.2. The molecule has 0 aromatic carbocycles. The fraction of sp³-hybridized carbons (Fsp3) is 0.929. The van der Waals surface area contributed by atoms with Crippen molar-refractivity contribution < 1.29 is 9.53 Å². The molecule has 4 nitrogen and oxygen atoms in total. The SMILES string of the molecule is CCC1CCN(C2CCC(N)(C(=O)OC)C2)CC1. The molecule has 2 N–H and O–H groups in total. The van der Waals surface area contributed by atoms with Gasteiger partial charge in [-0.25, -0.2) is 0 Å². The molecule has 2 unspecified atom stereocenters. The summed E-state index contributed by atoms with van der Waals surface area (Å²) in [5.74, 6) is 0.652. The molecule has 1 saturated carbocycles. The van der Waals surface area contributed by atoms with E-state index in [9.17, 15) is 4.79 Å². The number of carbonyl (C=O) groups is 1. The number of likely N-dealkylation sites (tertiary alicyclic amines) is 1. The van der Waals surface area contributed by atoms with Gasteiger partial charge in [0.25, 0.3) is 0 Å². The van der Waals surface area contributed by atoms with Crippen molar-refractivity contribution in [3.8, 4) is 0 Å². The number of hydrogen-bond donors (Lipinski definition) is 1. The highest BCUT2D eigenvalue weighted by Gasteiger charge is 2.45. The van der Waals surface area contributed by atoms with E-state index in [1.54, 1.807) is 0 Å². The predicted octanol–water partition coefficient (Wildman–Crippen LogP) is 1.53. The summed E-state index contributed by atoms with van der Waals surface area (Å²) in [7, 11) is 1.43. The van der Waals surface area contributed by atoms with Crippen molar-refractivity contribution in [3.05, 3.63) is 0 Å². The zero-order valence-electron chi connectivity index (χ0n) is 11.7. The van der Waals surface area contributed by atoms with E-state index in [1.807, 2.05) is 0 Å². The van der Waals surface area contributed by atoms with Crippen LogP contribution in [0.25, 0.3) is 0 Å². The molecule has 0 amide bonds. The molecular weight excluding hydrogens is 228 g/mol. The van der Waals surface area contributed by atoms with Gasteiger partial charge in [-0.15, -0.1) is 0 Å². The van der Waals surface area contributed by atoms with Crippen molar-refractivity contribution in [2.24, 2.45) is 11.7 Å². The van der Waals surface area contributed by atoms with Gasteiger partial charge in [0, 0.05) is 6.04 Å². The molecule has 0 aromatic rings. The molecule has 1 saturated heterocycles. The van der Waals surface area contributed by atoms with Crippen LogP contribution in [-0.2, 0) is 9.53 Å². The number of esters is 1. The second-order valence-electron chi connectivity index (χ2n) is 5.93. The van der Waals surface area contributed by atoms with E-state index in [-0.39, 0.29) is 5.97 Å². The normalized spacial score (nSPS) is 34.7. The zero-order valence-corrected chi connectivity index (χ0v) is 11.7. The fourth-order valence-corrected chi connectivity index (χ4v) is 3.48. The summed E-state index contributed by atoms with van der Waals surface area (Å²) in [5, 5.41) is 0. The molecular formula is C14H26N2O2. The van der Waals surface area contributed by atoms with Crippen molar-refractivity contribution in [2.75, 3.05) is 20.2 Å². The molecule has 2 aliphatic rings. The summed E-state index contributed by atoms with van der Waals surface area (Å²) < 4.78 is 4.82. The third-order valence-electron chi connectivity index (χ3n) is 4.86. The van der Waals surface area contributed by atoms with Crippen molar-refractivity contribution in [1.29, 1.82) is 0 Å². The third kappa shape index (κ3) is 2.69. The molecule has 104 valence electrons. The third-order valence-corrected chi connectivity index (χ3v) is 4.86. The Kier molecular flexibility index (Phi) is 4.28. The average molecular weight is 254 g/mol. The van der Waals surface area contributed by atoms with E-state index in [4.69, 9.17) is 10.5 Å². The Morgan fingerprint density at radius 2 is 2.06 bits per heavy atom. The maximum absolute atomic E-state index is 11.7. The standard InChI is InChI=1S/C14H26N2O2/c1-3-11-5-8-16(9-6-11)12-4-7-14(15,10-12)13(17)18-2/h11-12H,3-10,15H2,1-2H3. The van der Waals surface area contributed by atoms with Gasteiger partial charge in [0.15, 0.2) is 0 Å². The van der Waals surface area contributed by atoms with Gasteiger partial charge in [-0.2, -0.15) is 0 Å². The van der Waals surface area contributed by atoms with Crippen LogP contribution in [0.3, 0.4) is 0 Å². The number of nitrogens with zero attached hydrogens (tertiary/aromatic N) is 1. The van der Waals surface area contributed by atoms with E-state index in [1.165, 1.54) is 39.5 Å². The van der Waals surface area contributed by atoms with Gasteiger partial charge in [-0.05, 0) is 51.1 Å². The van der Waals surface area contributed by atoms with Crippen LogP contribution in [0, 0.1) is 5.92 Å². The minimum absolute atomic E-state index is 0.242. The van der Waals surface area contributed by atoms with Crippen LogP contribution in [0.2, 0.25) is 0 Å². The van der Waals surface area contributed by atoms with Crippen LogP contribution in [-0.4, -0.2) is 42.6 Å². The monoisotopic (exact) mass is 254 g/mol. The van der Waals surface area contributed by atoms with Crippen LogP contribution in [0.15, 0.2) is 0 Å². The molecule has 4 heteroatoms. The summed E-state index contributed by atoms with van der Waals surface area (Å²) in [5.41, 5.74) is 5.43. The number of methoxy groups -OCH3 is 1. The Morgan fingerprint density at radius 1 is 1.39 bits per heavy atom. The molecule has 2 fully saturated rings. The van der Waals surface area contributed by atoms with Gasteiger partial charge < -0.3 is 15.4 Å². The number of rotatable bonds is 3. The zero-order chi connectivity index (χ0) is 13.2. The van der Waals surface area contributed by atoms with Gasteiger partial charge in [-0.3, -0.25) is 4.79 Å². The van der Waals surface area contributed by atoms with Crippen molar-refractivity contribution in [2.45, 2.75) is 57.0 Å². The number of ether oxygens (including phenoxy) is 1. The number of piperidine rings is 1. The largest absolute Gasteiger partial charge is 0.468 e. The first-order valence-electron chi connectivity index (χ1n) is 7.20. The molecule has 2 atom stereocenters. The highest BCUT2D eigenvalue weighted by molar-refractivity contribution is 5.81. The first kappa shape index (κ1) is 13.8. The molecule has 1 aliphatic heterocycles. The first-order chi connectivity index (χ1) is 8.59. The summed E-state index contributed by atoms with van der Waals surface area (Å²) >= 11 is 0. The second-order valence-corrected chi connectivity index (χ2v) is 5.93. The Labute approximate surface area is 110 Å². The van der Waals surface area contributed by atoms with Gasteiger partial charge in [0.1, 0.15) is 5.54 Å². The molecule has 1 heterocycles. The number of nitrogens with two attached hydrogens (primary N) is 1. The molecule has 2 rings (SSSR count). The van der Waals surface area contributed by atoms with Crippen molar-refractivity contribution in [3.63, 3.8) is 0 Å². The lowest BCUT2D eigenvalue weighted by atomic mass is 9.93. The Balaban J connectivity index is 1.88. The fourth-order valence-electron chi connectivity index (χ4n) is 3.48. The smallest absolute Gasteiger partial charge is 0.325 e. The minimum atomic E-state index is -0.735. The van der Waals surface area contributed by atoms with E-state index >= 15 is 0 Å². The van der Waals surface area contributed by atoms with E-state index < -0.39 is 5.54 Å². The van der Waals surface area contributed by atoms with Gasteiger partial charge in [0.2, 0.25) is 0 Å². The maximum atomic E-state index is 11.7. The lowest BCUT2D eigenvalue weighted by Crippen LogP contribution is -2.49.